The number of urea groups is 1. The van der Waals surface area contributed by atoms with Crippen molar-refractivity contribution in [1.29, 1.82) is 0 Å². The van der Waals surface area contributed by atoms with Gasteiger partial charge in [-0.05, 0) is 44.0 Å². The first-order valence-corrected chi connectivity index (χ1v) is 8.35. The summed E-state index contributed by atoms with van der Waals surface area (Å²) >= 11 is 0. The second kappa shape index (κ2) is 8.14. The number of rotatable bonds is 7. The molecule has 25 heavy (non-hydrogen) atoms. The summed E-state index contributed by atoms with van der Waals surface area (Å²) in [6.07, 6.45) is 9.27. The molecule has 3 aromatic rings. The third kappa shape index (κ3) is 4.69. The van der Waals surface area contributed by atoms with Crippen molar-refractivity contribution < 1.29 is 4.79 Å². The lowest BCUT2D eigenvalue weighted by Crippen LogP contribution is -2.29. The number of amides is 2. The van der Waals surface area contributed by atoms with E-state index in [2.05, 4.69) is 25.3 Å². The number of nitrogens with zero attached hydrogens (tertiary/aromatic N) is 4. The van der Waals surface area contributed by atoms with Crippen LogP contribution in [0.25, 0.3) is 5.69 Å². The second-order valence-electron chi connectivity index (χ2n) is 5.76. The SMILES string of the molecule is Cc1nccn1CCCCNC(=O)Nc1cccc(-n2cccn2)c1. The van der Waals surface area contributed by atoms with Gasteiger partial charge in [0.15, 0.2) is 0 Å². The standard InChI is InChI=1S/C18H22N6O/c1-15-19-10-13-23(15)11-3-2-8-20-18(25)22-16-6-4-7-17(14-16)24-12-5-9-21-24/h4-7,9-10,12-14H,2-3,8,11H2,1H3,(H2,20,22,25). The van der Waals surface area contributed by atoms with Crippen molar-refractivity contribution in [2.75, 3.05) is 11.9 Å². The first kappa shape index (κ1) is 16.8. The fourth-order valence-corrected chi connectivity index (χ4v) is 2.57. The maximum Gasteiger partial charge on any atom is 0.319 e. The highest BCUT2D eigenvalue weighted by molar-refractivity contribution is 5.89. The molecule has 2 aromatic heterocycles. The predicted molar refractivity (Wildman–Crippen MR) is 96.8 cm³/mol. The molecule has 0 bridgehead atoms. The molecule has 0 atom stereocenters. The normalized spacial score (nSPS) is 10.6. The van der Waals surface area contributed by atoms with Gasteiger partial charge in [-0.1, -0.05) is 6.07 Å². The Morgan fingerprint density at radius 2 is 2.08 bits per heavy atom. The second-order valence-corrected chi connectivity index (χ2v) is 5.76. The van der Waals surface area contributed by atoms with Crippen LogP contribution in [0.15, 0.2) is 55.1 Å². The number of unbranched alkanes of at least 4 members (excludes halogenated alkanes) is 1. The zero-order valence-electron chi connectivity index (χ0n) is 14.2. The quantitative estimate of drug-likeness (QED) is 0.650. The van der Waals surface area contributed by atoms with Gasteiger partial charge in [-0.2, -0.15) is 5.10 Å². The van der Waals surface area contributed by atoms with Gasteiger partial charge >= 0.3 is 6.03 Å². The number of benzene rings is 1. The summed E-state index contributed by atoms with van der Waals surface area (Å²) in [5.74, 6) is 1.02. The van der Waals surface area contributed by atoms with Gasteiger partial charge in [-0.15, -0.1) is 0 Å². The van der Waals surface area contributed by atoms with Gasteiger partial charge in [-0.3, -0.25) is 0 Å². The average molecular weight is 338 g/mol. The summed E-state index contributed by atoms with van der Waals surface area (Å²) in [5.41, 5.74) is 1.64. The third-order valence-electron chi connectivity index (χ3n) is 3.91. The molecular formula is C18H22N6O. The van der Waals surface area contributed by atoms with Gasteiger partial charge in [-0.25, -0.2) is 14.5 Å². The number of carbonyl (C=O) groups is 1. The van der Waals surface area contributed by atoms with Crippen LogP contribution in [-0.2, 0) is 6.54 Å². The van der Waals surface area contributed by atoms with Crippen LogP contribution in [0.1, 0.15) is 18.7 Å². The van der Waals surface area contributed by atoms with Crippen LogP contribution in [0, 0.1) is 6.92 Å². The van der Waals surface area contributed by atoms with E-state index in [4.69, 9.17) is 0 Å². The van der Waals surface area contributed by atoms with Gasteiger partial charge in [0.2, 0.25) is 0 Å². The Morgan fingerprint density at radius 3 is 2.84 bits per heavy atom. The fourth-order valence-electron chi connectivity index (χ4n) is 2.57. The first-order chi connectivity index (χ1) is 12.2. The minimum Gasteiger partial charge on any atom is -0.338 e. The molecule has 0 aliphatic heterocycles. The fraction of sp³-hybridized carbons (Fsp3) is 0.278. The van der Waals surface area contributed by atoms with E-state index in [1.165, 1.54) is 0 Å². The highest BCUT2D eigenvalue weighted by Gasteiger charge is 2.03. The minimum absolute atomic E-state index is 0.198. The zero-order chi connectivity index (χ0) is 17.5. The molecule has 0 aliphatic carbocycles. The topological polar surface area (TPSA) is 76.8 Å². The van der Waals surface area contributed by atoms with E-state index in [0.717, 1.165) is 36.6 Å². The van der Waals surface area contributed by atoms with Crippen molar-refractivity contribution in [1.82, 2.24) is 24.6 Å². The van der Waals surface area contributed by atoms with Crippen molar-refractivity contribution in [3.8, 4) is 5.69 Å². The van der Waals surface area contributed by atoms with Crippen LogP contribution >= 0.6 is 0 Å². The number of carbonyl (C=O) groups excluding carboxylic acids is 1. The van der Waals surface area contributed by atoms with Crippen molar-refractivity contribution >= 4 is 11.7 Å². The molecule has 0 fully saturated rings. The van der Waals surface area contributed by atoms with Crippen LogP contribution < -0.4 is 10.6 Å². The molecule has 1 aromatic carbocycles. The molecular weight excluding hydrogens is 316 g/mol. The van der Waals surface area contributed by atoms with Crippen LogP contribution in [0.4, 0.5) is 10.5 Å². The molecule has 0 saturated heterocycles. The first-order valence-electron chi connectivity index (χ1n) is 8.35. The van der Waals surface area contributed by atoms with Crippen LogP contribution in [-0.4, -0.2) is 31.9 Å². The number of hydrogen-bond donors (Lipinski definition) is 2. The average Bonchev–Trinajstić information content (AvgIpc) is 3.27. The van der Waals surface area contributed by atoms with Crippen LogP contribution in [0.3, 0.4) is 0 Å². The van der Waals surface area contributed by atoms with Crippen molar-refractivity contribution in [2.24, 2.45) is 0 Å². The van der Waals surface area contributed by atoms with Crippen molar-refractivity contribution in [3.63, 3.8) is 0 Å². The zero-order valence-corrected chi connectivity index (χ0v) is 14.2. The highest BCUT2D eigenvalue weighted by atomic mass is 16.2. The van der Waals surface area contributed by atoms with E-state index >= 15 is 0 Å². The van der Waals surface area contributed by atoms with E-state index in [1.807, 2.05) is 49.6 Å². The molecule has 2 amide bonds. The van der Waals surface area contributed by atoms with E-state index in [1.54, 1.807) is 17.1 Å². The maximum atomic E-state index is 12.0. The van der Waals surface area contributed by atoms with E-state index in [0.29, 0.717) is 6.54 Å². The lowest BCUT2D eigenvalue weighted by Gasteiger charge is -2.09. The molecule has 0 unspecified atom stereocenters. The lowest BCUT2D eigenvalue weighted by molar-refractivity contribution is 0.252. The predicted octanol–water partition coefficient (Wildman–Crippen LogP) is 2.98. The van der Waals surface area contributed by atoms with Crippen LogP contribution in [0.2, 0.25) is 0 Å². The summed E-state index contributed by atoms with van der Waals surface area (Å²) in [5, 5.41) is 9.92. The lowest BCUT2D eigenvalue weighted by atomic mass is 10.3. The molecule has 2 heterocycles. The van der Waals surface area contributed by atoms with E-state index in [-0.39, 0.29) is 6.03 Å². The van der Waals surface area contributed by atoms with Gasteiger partial charge in [0.1, 0.15) is 5.82 Å². The largest absolute Gasteiger partial charge is 0.338 e. The number of imidazole rings is 1. The summed E-state index contributed by atoms with van der Waals surface area (Å²) < 4.78 is 3.86. The minimum atomic E-state index is -0.198. The van der Waals surface area contributed by atoms with Gasteiger partial charge < -0.3 is 15.2 Å². The maximum absolute atomic E-state index is 12.0. The number of nitrogens with one attached hydrogen (secondary N) is 2. The molecule has 130 valence electrons. The molecule has 7 nitrogen and oxygen atoms in total. The number of hydrogen-bond acceptors (Lipinski definition) is 3. The summed E-state index contributed by atoms with van der Waals surface area (Å²) in [6.45, 7) is 3.54. The summed E-state index contributed by atoms with van der Waals surface area (Å²) in [4.78, 5) is 16.2. The molecule has 0 aliphatic rings. The van der Waals surface area contributed by atoms with Crippen molar-refractivity contribution in [2.45, 2.75) is 26.3 Å². The van der Waals surface area contributed by atoms with Crippen LogP contribution in [0.5, 0.6) is 0 Å². The Morgan fingerprint density at radius 1 is 1.16 bits per heavy atom. The molecule has 2 N–H and O–H groups in total. The molecule has 7 heteroatoms. The third-order valence-corrected chi connectivity index (χ3v) is 3.91. The molecule has 0 spiro atoms. The Kier molecular flexibility index (Phi) is 5.46. The van der Waals surface area contributed by atoms with E-state index < -0.39 is 0 Å². The van der Waals surface area contributed by atoms with E-state index in [9.17, 15) is 4.79 Å². The highest BCUT2D eigenvalue weighted by Crippen LogP contribution is 2.13. The Labute approximate surface area is 146 Å². The van der Waals surface area contributed by atoms with Gasteiger partial charge in [0.25, 0.3) is 0 Å². The smallest absolute Gasteiger partial charge is 0.319 e. The van der Waals surface area contributed by atoms with Gasteiger partial charge in [0.05, 0.1) is 5.69 Å². The Hall–Kier alpha value is -3.09. The Balaban J connectivity index is 1.41. The number of aromatic nitrogens is 4. The molecule has 3 rings (SSSR count). The number of anilines is 1. The summed E-state index contributed by atoms with van der Waals surface area (Å²) in [6, 6.07) is 9.23. The molecule has 0 saturated carbocycles. The molecule has 0 radical (unpaired) electrons. The monoisotopic (exact) mass is 338 g/mol. The van der Waals surface area contributed by atoms with Crippen molar-refractivity contribution in [3.05, 3.63) is 60.9 Å². The number of aryl methyl sites for hydroxylation is 2. The Bertz CT molecular complexity index is 809. The summed E-state index contributed by atoms with van der Waals surface area (Å²) in [7, 11) is 0. The van der Waals surface area contributed by atoms with Gasteiger partial charge in [0, 0.05) is 43.6 Å².